The molecule has 4 heteroatoms. The van der Waals surface area contributed by atoms with Gasteiger partial charge < -0.3 is 15.5 Å². The number of amides is 1. The van der Waals surface area contributed by atoms with E-state index >= 15 is 0 Å². The summed E-state index contributed by atoms with van der Waals surface area (Å²) in [7, 11) is 0. The first kappa shape index (κ1) is 52.6. The van der Waals surface area contributed by atoms with Crippen LogP contribution in [0.4, 0.5) is 0 Å². The molecule has 0 aromatic rings. The lowest BCUT2D eigenvalue weighted by atomic mass is 10.0. The summed E-state index contributed by atoms with van der Waals surface area (Å²) in [4.78, 5) is 12.4. The van der Waals surface area contributed by atoms with Crippen LogP contribution in [0.25, 0.3) is 0 Å². The summed E-state index contributed by atoms with van der Waals surface area (Å²) in [5, 5.41) is 23.0. The minimum absolute atomic E-state index is 0.0640. The molecule has 54 heavy (non-hydrogen) atoms. The molecule has 0 fully saturated rings. The van der Waals surface area contributed by atoms with E-state index in [4.69, 9.17) is 0 Å². The monoisotopic (exact) mass is 758 g/mol. The summed E-state index contributed by atoms with van der Waals surface area (Å²) >= 11 is 0. The number of carbonyl (C=O) groups excluding carboxylic acids is 1. The van der Waals surface area contributed by atoms with Gasteiger partial charge in [-0.05, 0) is 51.4 Å². The first-order valence-electron chi connectivity index (χ1n) is 24.2. The van der Waals surface area contributed by atoms with Crippen molar-refractivity contribution in [3.8, 4) is 0 Å². The Bertz CT molecular complexity index is 821. The minimum Gasteiger partial charge on any atom is -0.394 e. The largest absolute Gasteiger partial charge is 0.394 e. The maximum atomic E-state index is 12.4. The van der Waals surface area contributed by atoms with Crippen molar-refractivity contribution < 1.29 is 15.0 Å². The molecule has 2 unspecified atom stereocenters. The molecule has 0 spiro atoms. The predicted molar refractivity (Wildman–Crippen MR) is 239 cm³/mol. The van der Waals surface area contributed by atoms with Gasteiger partial charge in [-0.3, -0.25) is 4.79 Å². The highest BCUT2D eigenvalue weighted by molar-refractivity contribution is 5.76. The number of carbonyl (C=O) groups is 1. The van der Waals surface area contributed by atoms with Crippen molar-refractivity contribution in [3.05, 3.63) is 36.5 Å². The van der Waals surface area contributed by atoms with Gasteiger partial charge in [-0.15, -0.1) is 0 Å². The van der Waals surface area contributed by atoms with E-state index in [0.717, 1.165) is 32.1 Å². The Labute approximate surface area is 338 Å². The third kappa shape index (κ3) is 41.8. The Hall–Kier alpha value is -1.39. The summed E-state index contributed by atoms with van der Waals surface area (Å²) in [6.45, 7) is 4.30. The van der Waals surface area contributed by atoms with Gasteiger partial charge >= 0.3 is 0 Å². The van der Waals surface area contributed by atoms with Gasteiger partial charge in [0.2, 0.25) is 5.91 Å². The van der Waals surface area contributed by atoms with Crippen LogP contribution in [0.3, 0.4) is 0 Å². The Morgan fingerprint density at radius 3 is 1.11 bits per heavy atom. The average Bonchev–Trinajstić information content (AvgIpc) is 3.18. The van der Waals surface area contributed by atoms with Crippen LogP contribution in [0.5, 0.6) is 0 Å². The van der Waals surface area contributed by atoms with Crippen LogP contribution in [0.1, 0.15) is 258 Å². The second-order valence-electron chi connectivity index (χ2n) is 16.5. The zero-order chi connectivity index (χ0) is 39.3. The highest BCUT2D eigenvalue weighted by Gasteiger charge is 2.17. The maximum absolute atomic E-state index is 12.4. The molecule has 0 heterocycles. The summed E-state index contributed by atoms with van der Waals surface area (Å²) in [5.41, 5.74) is 0. The van der Waals surface area contributed by atoms with Crippen LogP contribution in [-0.4, -0.2) is 34.9 Å². The summed E-state index contributed by atoms with van der Waals surface area (Å²) in [5.74, 6) is -0.0640. The van der Waals surface area contributed by atoms with Gasteiger partial charge in [0.05, 0.1) is 18.8 Å². The molecular weight excluding hydrogens is 663 g/mol. The number of aliphatic hydroxyl groups excluding tert-OH is 2. The van der Waals surface area contributed by atoms with Crippen molar-refractivity contribution in [1.29, 1.82) is 0 Å². The van der Waals surface area contributed by atoms with Crippen LogP contribution >= 0.6 is 0 Å². The zero-order valence-corrected chi connectivity index (χ0v) is 36.5. The molecule has 0 saturated heterocycles. The number of rotatable bonds is 44. The fourth-order valence-electron chi connectivity index (χ4n) is 7.39. The summed E-state index contributed by atoms with van der Waals surface area (Å²) in [6.07, 6.45) is 61.4. The van der Waals surface area contributed by atoms with Crippen LogP contribution in [0.2, 0.25) is 0 Å². The second kappa shape index (κ2) is 46.0. The van der Waals surface area contributed by atoms with Gasteiger partial charge in [0.1, 0.15) is 0 Å². The Morgan fingerprint density at radius 1 is 0.444 bits per heavy atom. The van der Waals surface area contributed by atoms with Gasteiger partial charge in [-0.2, -0.15) is 0 Å². The SMILES string of the molecule is CCCCCCCCCCC/C=C\C/C=C\CCCCCCCCCCCCCCCCCC(=O)NC(CO)C(O)/C=C/CCCCCCCCCCC. The van der Waals surface area contributed by atoms with E-state index in [2.05, 4.69) is 43.5 Å². The standard InChI is InChI=1S/C50H95NO3/c1-3-5-7-9-11-13-15-16-17-18-19-20-21-22-23-24-25-26-27-28-29-30-31-32-33-34-36-38-40-42-44-46-50(54)51-48(47-52)49(53)45-43-41-39-37-35-14-12-10-8-6-4-2/h19-20,22-23,43,45,48-49,52-53H,3-18,21,24-42,44,46-47H2,1-2H3,(H,51,54)/b20-19-,23-22-,45-43+. The number of aliphatic hydroxyl groups is 2. The van der Waals surface area contributed by atoms with E-state index in [9.17, 15) is 15.0 Å². The van der Waals surface area contributed by atoms with Crippen molar-refractivity contribution in [2.24, 2.45) is 0 Å². The molecule has 0 rings (SSSR count). The number of nitrogens with one attached hydrogen (secondary N) is 1. The predicted octanol–water partition coefficient (Wildman–Crippen LogP) is 15.4. The molecule has 0 aliphatic rings. The van der Waals surface area contributed by atoms with Gasteiger partial charge in [-0.25, -0.2) is 0 Å². The van der Waals surface area contributed by atoms with Crippen molar-refractivity contribution in [2.75, 3.05) is 6.61 Å². The molecule has 318 valence electrons. The third-order valence-electron chi connectivity index (χ3n) is 11.1. The molecular formula is C50H95NO3. The number of hydrogen-bond acceptors (Lipinski definition) is 3. The van der Waals surface area contributed by atoms with Gasteiger partial charge in [0.25, 0.3) is 0 Å². The van der Waals surface area contributed by atoms with Crippen LogP contribution in [-0.2, 0) is 4.79 Å². The van der Waals surface area contributed by atoms with Crippen LogP contribution in [0, 0.1) is 0 Å². The molecule has 0 aliphatic heterocycles. The first-order valence-corrected chi connectivity index (χ1v) is 24.2. The van der Waals surface area contributed by atoms with E-state index in [0.29, 0.717) is 6.42 Å². The number of hydrogen-bond donors (Lipinski definition) is 3. The Balaban J connectivity index is 3.45. The van der Waals surface area contributed by atoms with Crippen molar-refractivity contribution in [1.82, 2.24) is 5.32 Å². The number of allylic oxidation sites excluding steroid dienone is 5. The van der Waals surface area contributed by atoms with Crippen molar-refractivity contribution in [2.45, 2.75) is 270 Å². The van der Waals surface area contributed by atoms with E-state index in [1.165, 1.54) is 205 Å². The molecule has 0 aliphatic carbocycles. The lowest BCUT2D eigenvalue weighted by Crippen LogP contribution is -2.45. The van der Waals surface area contributed by atoms with Crippen LogP contribution in [0.15, 0.2) is 36.5 Å². The topological polar surface area (TPSA) is 69.6 Å². The van der Waals surface area contributed by atoms with E-state index < -0.39 is 12.1 Å². The zero-order valence-electron chi connectivity index (χ0n) is 36.5. The fraction of sp³-hybridized carbons (Fsp3) is 0.860. The van der Waals surface area contributed by atoms with Gasteiger partial charge in [0.15, 0.2) is 0 Å². The third-order valence-corrected chi connectivity index (χ3v) is 11.1. The van der Waals surface area contributed by atoms with Gasteiger partial charge in [0, 0.05) is 6.42 Å². The highest BCUT2D eigenvalue weighted by Crippen LogP contribution is 2.15. The molecule has 3 N–H and O–H groups in total. The highest BCUT2D eigenvalue weighted by atomic mass is 16.3. The molecule has 0 aromatic heterocycles. The smallest absolute Gasteiger partial charge is 0.220 e. The Morgan fingerprint density at radius 2 is 0.759 bits per heavy atom. The molecule has 0 bridgehead atoms. The average molecular weight is 758 g/mol. The van der Waals surface area contributed by atoms with E-state index in [1.807, 2.05) is 6.08 Å². The lowest BCUT2D eigenvalue weighted by molar-refractivity contribution is -0.123. The Kier molecular flexibility index (Phi) is 44.8. The van der Waals surface area contributed by atoms with Crippen molar-refractivity contribution >= 4 is 5.91 Å². The molecule has 4 nitrogen and oxygen atoms in total. The molecule has 0 aromatic carbocycles. The fourth-order valence-corrected chi connectivity index (χ4v) is 7.39. The van der Waals surface area contributed by atoms with Crippen LogP contribution < -0.4 is 5.32 Å². The normalized spacial score (nSPS) is 13.2. The van der Waals surface area contributed by atoms with Gasteiger partial charge in [-0.1, -0.05) is 237 Å². The molecule has 2 atom stereocenters. The van der Waals surface area contributed by atoms with E-state index in [-0.39, 0.29) is 12.5 Å². The molecule has 1 amide bonds. The minimum atomic E-state index is -0.836. The lowest BCUT2D eigenvalue weighted by Gasteiger charge is -2.20. The first-order chi connectivity index (χ1) is 26.7. The van der Waals surface area contributed by atoms with E-state index in [1.54, 1.807) is 6.08 Å². The quantitative estimate of drug-likeness (QED) is 0.0428. The number of unbranched alkanes of at least 4 members (excludes halogenated alkanes) is 33. The second-order valence-corrected chi connectivity index (χ2v) is 16.5. The summed E-state index contributed by atoms with van der Waals surface area (Å²) < 4.78 is 0. The summed E-state index contributed by atoms with van der Waals surface area (Å²) in [6, 6.07) is -0.619. The van der Waals surface area contributed by atoms with Crippen molar-refractivity contribution in [3.63, 3.8) is 0 Å². The maximum Gasteiger partial charge on any atom is 0.220 e. The molecule has 0 radical (unpaired) electrons. The molecule has 0 saturated carbocycles.